The summed E-state index contributed by atoms with van der Waals surface area (Å²) in [6, 6.07) is 56.7. The van der Waals surface area contributed by atoms with Crippen LogP contribution in [0.5, 0.6) is 0 Å². The fourth-order valence-electron chi connectivity index (χ4n) is 8.13. The van der Waals surface area contributed by atoms with Gasteiger partial charge < -0.3 is 8.83 Å². The molecule has 0 radical (unpaired) electrons. The maximum Gasteiger partial charge on any atom is 0.136 e. The molecule has 0 fully saturated rings. The van der Waals surface area contributed by atoms with E-state index in [1.807, 2.05) is 12.1 Å². The number of hydrogen-bond donors (Lipinski definition) is 0. The van der Waals surface area contributed by atoms with Crippen molar-refractivity contribution in [2.24, 2.45) is 0 Å². The summed E-state index contributed by atoms with van der Waals surface area (Å²) in [6.07, 6.45) is 0. The van der Waals surface area contributed by atoms with Gasteiger partial charge in [0, 0.05) is 21.5 Å². The van der Waals surface area contributed by atoms with Crippen molar-refractivity contribution >= 4 is 76.2 Å². The van der Waals surface area contributed by atoms with E-state index >= 15 is 0 Å². The van der Waals surface area contributed by atoms with Crippen LogP contribution in [0.1, 0.15) is 0 Å². The summed E-state index contributed by atoms with van der Waals surface area (Å²) in [5.41, 5.74) is 11.0. The van der Waals surface area contributed by atoms with Gasteiger partial charge in [0.25, 0.3) is 0 Å². The van der Waals surface area contributed by atoms with Crippen molar-refractivity contribution in [1.29, 1.82) is 0 Å². The Kier molecular flexibility index (Phi) is 5.14. The van der Waals surface area contributed by atoms with Gasteiger partial charge in [0.15, 0.2) is 0 Å². The van der Waals surface area contributed by atoms with Crippen molar-refractivity contribution in [3.63, 3.8) is 0 Å². The summed E-state index contributed by atoms with van der Waals surface area (Å²) in [5.74, 6) is 0. The van der Waals surface area contributed by atoms with Crippen LogP contribution >= 0.6 is 0 Å². The molecule has 0 aliphatic rings. The molecule has 222 valence electrons. The lowest BCUT2D eigenvalue weighted by atomic mass is 9.84. The normalized spacial score (nSPS) is 12.2. The molecule has 11 aromatic rings. The minimum absolute atomic E-state index is 0.914. The van der Waals surface area contributed by atoms with Crippen LogP contribution in [0.15, 0.2) is 167 Å². The summed E-state index contributed by atoms with van der Waals surface area (Å²) >= 11 is 0. The topological polar surface area (TPSA) is 26.3 Å². The molecule has 2 heteroatoms. The standard InChI is InChI=1S/C46H26O2/c1-3-12-35-33(10-1)43(29-18-16-27(17-19-29)30-21-22-32-31-9-5-6-14-39(31)47-42(32)26-30)34-11-2-4-13-36(34)45(35)37-24-25-41-46-38(37)23-20-28-8-7-15-40(48-41)44(28)46/h1-26H. The minimum atomic E-state index is 0.914. The van der Waals surface area contributed by atoms with Crippen molar-refractivity contribution in [3.8, 4) is 33.4 Å². The highest BCUT2D eigenvalue weighted by atomic mass is 16.3. The van der Waals surface area contributed by atoms with Gasteiger partial charge in [-0.3, -0.25) is 0 Å². The molecular weight excluding hydrogens is 585 g/mol. The molecule has 0 saturated heterocycles. The molecule has 0 bridgehead atoms. The van der Waals surface area contributed by atoms with Crippen molar-refractivity contribution in [3.05, 3.63) is 158 Å². The van der Waals surface area contributed by atoms with Crippen molar-refractivity contribution in [2.45, 2.75) is 0 Å². The molecule has 0 N–H and O–H groups in total. The van der Waals surface area contributed by atoms with Crippen molar-refractivity contribution < 1.29 is 8.83 Å². The maximum absolute atomic E-state index is 6.33. The highest BCUT2D eigenvalue weighted by Gasteiger charge is 2.21. The Morgan fingerprint density at radius 2 is 0.854 bits per heavy atom. The Morgan fingerprint density at radius 1 is 0.292 bits per heavy atom. The van der Waals surface area contributed by atoms with Gasteiger partial charge in [-0.2, -0.15) is 0 Å². The van der Waals surface area contributed by atoms with Crippen LogP contribution in [0.4, 0.5) is 0 Å². The Balaban J connectivity index is 1.12. The van der Waals surface area contributed by atoms with E-state index in [0.717, 1.165) is 44.2 Å². The molecule has 48 heavy (non-hydrogen) atoms. The second-order valence-electron chi connectivity index (χ2n) is 12.8. The zero-order chi connectivity index (χ0) is 31.3. The molecule has 0 unspecified atom stereocenters. The van der Waals surface area contributed by atoms with E-state index in [2.05, 4.69) is 146 Å². The SMILES string of the molecule is c1ccc2c(c1)oc1cc(-c3ccc(-c4c5ccccc5c(-c5ccc6oc7cccc8ccc5c6c87)c5ccccc45)cc3)ccc12. The number of fused-ring (bicyclic) bond motifs is 5. The fraction of sp³-hybridized carbons (Fsp3) is 0. The number of rotatable bonds is 3. The van der Waals surface area contributed by atoms with Gasteiger partial charge >= 0.3 is 0 Å². The Morgan fingerprint density at radius 3 is 1.62 bits per heavy atom. The number of para-hydroxylation sites is 1. The van der Waals surface area contributed by atoms with Crippen LogP contribution in [-0.4, -0.2) is 0 Å². The third kappa shape index (κ3) is 3.52. The highest BCUT2D eigenvalue weighted by molar-refractivity contribution is 6.28. The minimum Gasteiger partial charge on any atom is -0.456 e. The third-order valence-corrected chi connectivity index (χ3v) is 10.3. The largest absolute Gasteiger partial charge is 0.456 e. The first-order valence-electron chi connectivity index (χ1n) is 16.4. The van der Waals surface area contributed by atoms with E-state index in [0.29, 0.717) is 0 Å². The van der Waals surface area contributed by atoms with Crippen LogP contribution in [0.25, 0.3) is 110 Å². The molecular formula is C46H26O2. The molecule has 0 aliphatic carbocycles. The molecule has 0 aliphatic heterocycles. The zero-order valence-corrected chi connectivity index (χ0v) is 25.8. The molecule has 2 aromatic heterocycles. The van der Waals surface area contributed by atoms with Crippen LogP contribution in [-0.2, 0) is 0 Å². The molecule has 2 heterocycles. The number of hydrogen-bond acceptors (Lipinski definition) is 2. The van der Waals surface area contributed by atoms with E-state index in [9.17, 15) is 0 Å². The van der Waals surface area contributed by atoms with Crippen molar-refractivity contribution in [2.75, 3.05) is 0 Å². The summed E-state index contributed by atoms with van der Waals surface area (Å²) < 4.78 is 12.5. The maximum atomic E-state index is 6.33. The predicted octanol–water partition coefficient (Wildman–Crippen LogP) is 13.4. The van der Waals surface area contributed by atoms with E-state index in [-0.39, 0.29) is 0 Å². The first kappa shape index (κ1) is 25.8. The second-order valence-corrected chi connectivity index (χ2v) is 12.8. The lowest BCUT2D eigenvalue weighted by molar-refractivity contribution is 0.669. The number of furan rings is 2. The fourth-order valence-corrected chi connectivity index (χ4v) is 8.13. The van der Waals surface area contributed by atoms with Crippen LogP contribution in [0.2, 0.25) is 0 Å². The number of benzene rings is 9. The average molecular weight is 611 g/mol. The molecule has 9 aromatic carbocycles. The van der Waals surface area contributed by atoms with E-state index in [1.54, 1.807) is 0 Å². The van der Waals surface area contributed by atoms with E-state index < -0.39 is 0 Å². The highest BCUT2D eigenvalue weighted by Crippen LogP contribution is 2.48. The molecule has 0 saturated carbocycles. The van der Waals surface area contributed by atoms with E-state index in [1.165, 1.54) is 65.3 Å². The Bertz CT molecular complexity index is 2990. The molecule has 0 amide bonds. The smallest absolute Gasteiger partial charge is 0.136 e. The summed E-state index contributed by atoms with van der Waals surface area (Å²) in [7, 11) is 0. The summed E-state index contributed by atoms with van der Waals surface area (Å²) in [4.78, 5) is 0. The van der Waals surface area contributed by atoms with Crippen LogP contribution in [0, 0.1) is 0 Å². The monoisotopic (exact) mass is 610 g/mol. The first-order chi connectivity index (χ1) is 23.8. The second kappa shape index (κ2) is 9.57. The van der Waals surface area contributed by atoms with Gasteiger partial charge in [-0.05, 0) is 102 Å². The van der Waals surface area contributed by atoms with Crippen LogP contribution < -0.4 is 0 Å². The van der Waals surface area contributed by atoms with Gasteiger partial charge in [-0.25, -0.2) is 0 Å². The van der Waals surface area contributed by atoms with Crippen molar-refractivity contribution in [1.82, 2.24) is 0 Å². The summed E-state index contributed by atoms with van der Waals surface area (Å²) in [6.45, 7) is 0. The molecule has 11 rings (SSSR count). The quantitative estimate of drug-likeness (QED) is 0.147. The lowest BCUT2D eigenvalue weighted by Crippen LogP contribution is -1.92. The summed E-state index contributed by atoms with van der Waals surface area (Å²) in [5, 5.41) is 12.1. The third-order valence-electron chi connectivity index (χ3n) is 10.3. The van der Waals surface area contributed by atoms with Gasteiger partial charge in [-0.15, -0.1) is 0 Å². The first-order valence-corrected chi connectivity index (χ1v) is 16.4. The molecule has 2 nitrogen and oxygen atoms in total. The molecule has 0 atom stereocenters. The van der Waals surface area contributed by atoms with Gasteiger partial charge in [0.1, 0.15) is 22.3 Å². The van der Waals surface area contributed by atoms with Crippen LogP contribution in [0.3, 0.4) is 0 Å². The van der Waals surface area contributed by atoms with Gasteiger partial charge in [-0.1, -0.05) is 121 Å². The van der Waals surface area contributed by atoms with Gasteiger partial charge in [0.2, 0.25) is 0 Å². The average Bonchev–Trinajstić information content (AvgIpc) is 3.72. The van der Waals surface area contributed by atoms with Gasteiger partial charge in [0.05, 0.1) is 0 Å². The Labute approximate surface area is 275 Å². The Hall–Kier alpha value is -6.38. The van der Waals surface area contributed by atoms with E-state index in [4.69, 9.17) is 8.83 Å². The lowest BCUT2D eigenvalue weighted by Gasteiger charge is -2.19. The zero-order valence-electron chi connectivity index (χ0n) is 25.8. The predicted molar refractivity (Wildman–Crippen MR) is 201 cm³/mol. The molecule has 0 spiro atoms.